The number of nitrogens with zero attached hydrogens (tertiary/aromatic N) is 3. The van der Waals surface area contributed by atoms with Crippen LogP contribution in [0.3, 0.4) is 0 Å². The van der Waals surface area contributed by atoms with E-state index in [4.69, 9.17) is 4.98 Å². The number of hydrogen-bond acceptors (Lipinski definition) is 5. The summed E-state index contributed by atoms with van der Waals surface area (Å²) in [7, 11) is 0. The number of aromatic nitrogens is 1. The number of rotatable bonds is 5. The Morgan fingerprint density at radius 3 is 2.52 bits per heavy atom. The van der Waals surface area contributed by atoms with Crippen LogP contribution in [0.1, 0.15) is 31.2 Å². The van der Waals surface area contributed by atoms with E-state index in [9.17, 15) is 9.59 Å². The summed E-state index contributed by atoms with van der Waals surface area (Å²) >= 11 is 1.69. The molecule has 33 heavy (non-hydrogen) atoms. The number of anilines is 2. The van der Waals surface area contributed by atoms with Crippen molar-refractivity contribution in [2.24, 2.45) is 5.92 Å². The highest BCUT2D eigenvalue weighted by molar-refractivity contribution is 7.22. The summed E-state index contributed by atoms with van der Waals surface area (Å²) in [6, 6.07) is 15.7. The molecule has 2 amide bonds. The van der Waals surface area contributed by atoms with Gasteiger partial charge in [0.25, 0.3) is 0 Å². The number of thiazole rings is 1. The summed E-state index contributed by atoms with van der Waals surface area (Å²) in [5.41, 5.74) is 2.80. The number of nitrogens with one attached hydrogen (secondary N) is 1. The zero-order chi connectivity index (χ0) is 22.6. The minimum atomic E-state index is -0.0792. The second-order valence-corrected chi connectivity index (χ2v) is 9.72. The smallest absolute Gasteiger partial charge is 0.246 e. The number of amides is 2. The van der Waals surface area contributed by atoms with Crippen LogP contribution in [0.25, 0.3) is 16.3 Å². The van der Waals surface area contributed by atoms with E-state index >= 15 is 0 Å². The van der Waals surface area contributed by atoms with Gasteiger partial charge in [-0.25, -0.2) is 4.98 Å². The van der Waals surface area contributed by atoms with Gasteiger partial charge in [0.05, 0.1) is 10.2 Å². The molecule has 0 bridgehead atoms. The van der Waals surface area contributed by atoms with Gasteiger partial charge < -0.3 is 15.1 Å². The molecular formula is C26H28N4O2S. The molecule has 6 nitrogen and oxygen atoms in total. The number of fused-ring (bicyclic) bond motifs is 1. The highest BCUT2D eigenvalue weighted by atomic mass is 32.1. The Hall–Kier alpha value is -3.19. The van der Waals surface area contributed by atoms with Crippen LogP contribution in [0.2, 0.25) is 0 Å². The highest BCUT2D eigenvalue weighted by Crippen LogP contribution is 2.32. The SMILES string of the molecule is O=C(Nc1ccc2nc(N3CCCC3)sc2c1)C1CCN(C(=O)/C=C\c2ccccc2)CC1. The van der Waals surface area contributed by atoms with Crippen LogP contribution in [0.4, 0.5) is 10.8 Å². The standard InChI is InChI=1S/C26H28N4O2S/c31-24(11-8-19-6-2-1-3-7-19)29-16-12-20(13-17-29)25(32)27-21-9-10-22-23(18-21)33-26(28-22)30-14-4-5-15-30/h1-3,6-11,18,20H,4-5,12-17H2,(H,27,32)/b11-8-. The Labute approximate surface area is 197 Å². The van der Waals surface area contributed by atoms with Crippen LogP contribution in [-0.4, -0.2) is 47.9 Å². The minimum Gasteiger partial charge on any atom is -0.348 e. The number of piperidine rings is 1. The molecule has 7 heteroatoms. The minimum absolute atomic E-state index is 0.00200. The molecule has 0 unspecified atom stereocenters. The van der Waals surface area contributed by atoms with Gasteiger partial charge in [-0.15, -0.1) is 0 Å². The summed E-state index contributed by atoms with van der Waals surface area (Å²) in [4.78, 5) is 34.3. The van der Waals surface area contributed by atoms with Gasteiger partial charge in [-0.1, -0.05) is 41.7 Å². The molecule has 2 fully saturated rings. The van der Waals surface area contributed by atoms with Gasteiger partial charge in [0, 0.05) is 43.9 Å². The monoisotopic (exact) mass is 460 g/mol. The van der Waals surface area contributed by atoms with Gasteiger partial charge in [0.15, 0.2) is 5.13 Å². The first-order valence-corrected chi connectivity index (χ1v) is 12.5. The first-order valence-electron chi connectivity index (χ1n) is 11.6. The van der Waals surface area contributed by atoms with Crippen molar-refractivity contribution >= 4 is 50.3 Å². The molecule has 2 aliphatic rings. The van der Waals surface area contributed by atoms with Gasteiger partial charge in [-0.3, -0.25) is 9.59 Å². The van der Waals surface area contributed by atoms with Gasteiger partial charge in [0.2, 0.25) is 11.8 Å². The molecule has 2 aliphatic heterocycles. The topological polar surface area (TPSA) is 65.5 Å². The predicted molar refractivity (Wildman–Crippen MR) is 134 cm³/mol. The average molecular weight is 461 g/mol. The van der Waals surface area contributed by atoms with Gasteiger partial charge in [0.1, 0.15) is 0 Å². The molecule has 170 valence electrons. The molecule has 1 aromatic heterocycles. The molecule has 2 saturated heterocycles. The molecule has 0 saturated carbocycles. The maximum absolute atomic E-state index is 12.9. The van der Waals surface area contributed by atoms with E-state index < -0.39 is 0 Å². The normalized spacial score (nSPS) is 17.2. The van der Waals surface area contributed by atoms with E-state index in [0.29, 0.717) is 25.9 Å². The van der Waals surface area contributed by atoms with Crippen LogP contribution in [0.5, 0.6) is 0 Å². The maximum Gasteiger partial charge on any atom is 0.246 e. The molecule has 0 aliphatic carbocycles. The highest BCUT2D eigenvalue weighted by Gasteiger charge is 2.27. The molecule has 2 aromatic carbocycles. The van der Waals surface area contributed by atoms with Gasteiger partial charge in [-0.2, -0.15) is 0 Å². The lowest BCUT2D eigenvalue weighted by atomic mass is 9.95. The summed E-state index contributed by atoms with van der Waals surface area (Å²) in [6.45, 7) is 3.35. The lowest BCUT2D eigenvalue weighted by Gasteiger charge is -2.30. The van der Waals surface area contributed by atoms with Crippen molar-refractivity contribution in [2.75, 3.05) is 36.4 Å². The second kappa shape index (κ2) is 9.75. The first kappa shape index (κ1) is 21.6. The molecule has 5 rings (SSSR count). The number of carbonyl (C=O) groups is 2. The Morgan fingerprint density at radius 2 is 1.76 bits per heavy atom. The fourth-order valence-electron chi connectivity index (χ4n) is 4.48. The fraction of sp³-hybridized carbons (Fsp3) is 0.346. The van der Waals surface area contributed by atoms with Crippen LogP contribution in [0, 0.1) is 5.92 Å². The van der Waals surface area contributed by atoms with Gasteiger partial charge >= 0.3 is 0 Å². The number of hydrogen-bond donors (Lipinski definition) is 1. The van der Waals surface area contributed by atoms with Crippen molar-refractivity contribution in [3.8, 4) is 0 Å². The lowest BCUT2D eigenvalue weighted by molar-refractivity contribution is -0.130. The number of likely N-dealkylation sites (tertiary alicyclic amines) is 1. The fourth-order valence-corrected chi connectivity index (χ4v) is 5.53. The van der Waals surface area contributed by atoms with Gasteiger partial charge in [-0.05, 0) is 55.5 Å². The third-order valence-corrected chi connectivity index (χ3v) is 7.50. The van der Waals surface area contributed by atoms with E-state index in [0.717, 1.165) is 39.7 Å². The quantitative estimate of drug-likeness (QED) is 0.556. The molecule has 0 radical (unpaired) electrons. The second-order valence-electron chi connectivity index (χ2n) is 8.71. The van der Waals surface area contributed by atoms with Crippen molar-refractivity contribution in [3.05, 3.63) is 60.2 Å². The summed E-state index contributed by atoms with van der Waals surface area (Å²) in [5.74, 6) is -0.0443. The number of carbonyl (C=O) groups excluding carboxylic acids is 2. The zero-order valence-electron chi connectivity index (χ0n) is 18.6. The Kier molecular flexibility index (Phi) is 6.39. The van der Waals surface area contributed by atoms with E-state index in [1.54, 1.807) is 17.4 Å². The third kappa shape index (κ3) is 5.09. The van der Waals surface area contributed by atoms with E-state index in [1.165, 1.54) is 12.8 Å². The largest absolute Gasteiger partial charge is 0.348 e. The third-order valence-electron chi connectivity index (χ3n) is 6.42. The number of benzene rings is 2. The van der Waals surface area contributed by atoms with Crippen molar-refractivity contribution in [2.45, 2.75) is 25.7 Å². The van der Waals surface area contributed by atoms with E-state index in [1.807, 2.05) is 59.5 Å². The summed E-state index contributed by atoms with van der Waals surface area (Å²) in [6.07, 6.45) is 7.27. The maximum atomic E-state index is 12.9. The lowest BCUT2D eigenvalue weighted by Crippen LogP contribution is -2.40. The molecule has 3 aromatic rings. The molecule has 1 N–H and O–H groups in total. The van der Waals surface area contributed by atoms with Crippen LogP contribution in [-0.2, 0) is 9.59 Å². The first-order chi connectivity index (χ1) is 16.2. The molecular weight excluding hydrogens is 432 g/mol. The van der Waals surface area contributed by atoms with E-state index in [-0.39, 0.29) is 17.7 Å². The van der Waals surface area contributed by atoms with E-state index in [2.05, 4.69) is 10.2 Å². The molecule has 0 spiro atoms. The van der Waals surface area contributed by atoms with Crippen molar-refractivity contribution in [3.63, 3.8) is 0 Å². The Balaban J connectivity index is 1.15. The summed E-state index contributed by atoms with van der Waals surface area (Å²) < 4.78 is 1.10. The Morgan fingerprint density at radius 1 is 1.00 bits per heavy atom. The predicted octanol–water partition coefficient (Wildman–Crippen LogP) is 4.79. The summed E-state index contributed by atoms with van der Waals surface area (Å²) in [5, 5.41) is 4.16. The molecule has 3 heterocycles. The van der Waals surface area contributed by atoms with Crippen LogP contribution in [0.15, 0.2) is 54.6 Å². The van der Waals surface area contributed by atoms with Crippen LogP contribution < -0.4 is 10.2 Å². The van der Waals surface area contributed by atoms with Crippen molar-refractivity contribution < 1.29 is 9.59 Å². The Bertz CT molecular complexity index is 1160. The average Bonchev–Trinajstić information content (AvgIpc) is 3.53. The van der Waals surface area contributed by atoms with Crippen molar-refractivity contribution in [1.29, 1.82) is 0 Å². The molecule has 0 atom stereocenters. The zero-order valence-corrected chi connectivity index (χ0v) is 19.4. The van der Waals surface area contributed by atoms with Crippen molar-refractivity contribution in [1.82, 2.24) is 9.88 Å². The van der Waals surface area contributed by atoms with Crippen LogP contribution >= 0.6 is 11.3 Å².